The molecule has 1 atom stereocenters. The van der Waals surface area contributed by atoms with Crippen LogP contribution < -0.4 is 5.32 Å². The van der Waals surface area contributed by atoms with E-state index in [1.165, 1.54) is 18.2 Å². The van der Waals surface area contributed by atoms with Crippen molar-refractivity contribution in [3.8, 4) is 0 Å². The fraction of sp³-hybridized carbons (Fsp3) is 0.200. The van der Waals surface area contributed by atoms with Gasteiger partial charge in [-0.05, 0) is 53.2 Å². The zero-order valence-corrected chi connectivity index (χ0v) is 13.4. The molecule has 0 spiro atoms. The molecule has 21 heavy (non-hydrogen) atoms. The molecule has 112 valence electrons. The smallest absolute Gasteiger partial charge is 0.173 e. The van der Waals surface area contributed by atoms with Crippen molar-refractivity contribution in [3.05, 3.63) is 68.4 Å². The van der Waals surface area contributed by atoms with E-state index in [0.717, 1.165) is 6.07 Å². The van der Waals surface area contributed by atoms with Crippen molar-refractivity contribution < 1.29 is 13.2 Å². The van der Waals surface area contributed by atoms with Gasteiger partial charge in [0.1, 0.15) is 5.82 Å². The van der Waals surface area contributed by atoms with Crippen molar-refractivity contribution in [1.82, 2.24) is 5.32 Å². The van der Waals surface area contributed by atoms with Crippen molar-refractivity contribution >= 4 is 27.5 Å². The van der Waals surface area contributed by atoms with Crippen LogP contribution in [0.4, 0.5) is 13.2 Å². The highest BCUT2D eigenvalue weighted by Crippen LogP contribution is 2.31. The summed E-state index contributed by atoms with van der Waals surface area (Å²) in [6, 6.07) is 6.51. The van der Waals surface area contributed by atoms with Gasteiger partial charge in [-0.2, -0.15) is 0 Å². The second kappa shape index (κ2) is 6.81. The first-order chi connectivity index (χ1) is 9.95. The Morgan fingerprint density at radius 1 is 1.14 bits per heavy atom. The second-order valence-electron chi connectivity index (χ2n) is 4.51. The molecular formula is C15H12BrClF3N. The van der Waals surface area contributed by atoms with Gasteiger partial charge in [-0.1, -0.05) is 23.7 Å². The normalized spacial score (nSPS) is 12.5. The van der Waals surface area contributed by atoms with E-state index in [9.17, 15) is 13.2 Å². The molecule has 0 saturated heterocycles. The molecule has 0 radical (unpaired) electrons. The molecule has 2 aromatic carbocycles. The minimum atomic E-state index is -0.965. The number of rotatable bonds is 4. The van der Waals surface area contributed by atoms with E-state index in [1.807, 2.05) is 0 Å². The van der Waals surface area contributed by atoms with E-state index >= 15 is 0 Å². The third-order valence-corrected chi connectivity index (χ3v) is 4.42. The fourth-order valence-electron chi connectivity index (χ4n) is 2.11. The topological polar surface area (TPSA) is 12.0 Å². The van der Waals surface area contributed by atoms with Crippen molar-refractivity contribution in [2.45, 2.75) is 12.5 Å². The Hall–Kier alpha value is -1.04. The van der Waals surface area contributed by atoms with Crippen LogP contribution in [0.3, 0.4) is 0 Å². The number of hydrogen-bond donors (Lipinski definition) is 1. The summed E-state index contributed by atoms with van der Waals surface area (Å²) in [5.41, 5.74) is 0.825. The number of nitrogens with one attached hydrogen (secondary N) is 1. The first-order valence-electron chi connectivity index (χ1n) is 6.19. The molecule has 0 aliphatic carbocycles. The summed E-state index contributed by atoms with van der Waals surface area (Å²) < 4.78 is 40.7. The fourth-order valence-corrected chi connectivity index (χ4v) is 2.95. The van der Waals surface area contributed by atoms with E-state index in [-0.39, 0.29) is 10.9 Å². The molecule has 0 heterocycles. The third kappa shape index (κ3) is 3.42. The number of halogens is 5. The molecule has 0 aliphatic rings. The molecule has 2 aromatic rings. The van der Waals surface area contributed by atoms with Crippen LogP contribution in [0, 0.1) is 17.5 Å². The van der Waals surface area contributed by atoms with Gasteiger partial charge in [-0.25, -0.2) is 13.2 Å². The predicted octanol–water partition coefficient (Wildman–Crippen LogP) is 5.02. The first-order valence-corrected chi connectivity index (χ1v) is 7.36. The van der Waals surface area contributed by atoms with Crippen LogP contribution in [-0.4, -0.2) is 7.05 Å². The molecule has 6 heteroatoms. The largest absolute Gasteiger partial charge is 0.313 e. The number of hydrogen-bond acceptors (Lipinski definition) is 1. The van der Waals surface area contributed by atoms with Crippen LogP contribution in [0.5, 0.6) is 0 Å². The van der Waals surface area contributed by atoms with Crippen molar-refractivity contribution in [2.75, 3.05) is 7.05 Å². The van der Waals surface area contributed by atoms with E-state index in [0.29, 0.717) is 16.1 Å². The average molecular weight is 379 g/mol. The van der Waals surface area contributed by atoms with Crippen LogP contribution >= 0.6 is 27.5 Å². The monoisotopic (exact) mass is 377 g/mol. The zero-order chi connectivity index (χ0) is 15.6. The molecule has 0 aromatic heterocycles. The number of benzene rings is 2. The summed E-state index contributed by atoms with van der Waals surface area (Å²) in [5, 5.41) is 3.26. The highest BCUT2D eigenvalue weighted by molar-refractivity contribution is 9.10. The van der Waals surface area contributed by atoms with Gasteiger partial charge in [0, 0.05) is 16.6 Å². The van der Waals surface area contributed by atoms with Gasteiger partial charge in [0.25, 0.3) is 0 Å². The Labute approximate surface area is 134 Å². The Balaban J connectivity index is 2.40. The van der Waals surface area contributed by atoms with Crippen LogP contribution in [-0.2, 0) is 6.42 Å². The van der Waals surface area contributed by atoms with Gasteiger partial charge >= 0.3 is 0 Å². The molecule has 0 fully saturated rings. The van der Waals surface area contributed by atoms with Gasteiger partial charge in [-0.3, -0.25) is 0 Å². The third-order valence-electron chi connectivity index (χ3n) is 3.26. The molecule has 0 amide bonds. The van der Waals surface area contributed by atoms with Gasteiger partial charge in [0.2, 0.25) is 0 Å². The maximum atomic E-state index is 13.8. The molecular weight excluding hydrogens is 367 g/mol. The lowest BCUT2D eigenvalue weighted by molar-refractivity contribution is 0.493. The van der Waals surface area contributed by atoms with Crippen molar-refractivity contribution in [1.29, 1.82) is 0 Å². The molecule has 1 nitrogen and oxygen atoms in total. The van der Waals surface area contributed by atoms with E-state index in [1.54, 1.807) is 13.1 Å². The van der Waals surface area contributed by atoms with E-state index in [4.69, 9.17) is 11.6 Å². The summed E-state index contributed by atoms with van der Waals surface area (Å²) in [4.78, 5) is 0. The van der Waals surface area contributed by atoms with Crippen LogP contribution in [0.2, 0.25) is 5.02 Å². The summed E-state index contributed by atoms with van der Waals surface area (Å²) in [5.74, 6) is -2.33. The summed E-state index contributed by atoms with van der Waals surface area (Å²) >= 11 is 9.04. The molecule has 1 unspecified atom stereocenters. The molecule has 1 N–H and O–H groups in total. The van der Waals surface area contributed by atoms with Gasteiger partial charge in [0.05, 0.1) is 4.47 Å². The Morgan fingerprint density at radius 2 is 1.86 bits per heavy atom. The number of likely N-dealkylation sites (N-methyl/N-ethyl adjacent to an activating group) is 1. The molecule has 0 bridgehead atoms. The quantitative estimate of drug-likeness (QED) is 0.736. The lowest BCUT2D eigenvalue weighted by Crippen LogP contribution is -2.20. The second-order valence-corrected chi connectivity index (χ2v) is 5.71. The molecule has 2 rings (SSSR count). The lowest BCUT2D eigenvalue weighted by Gasteiger charge is -2.19. The SMILES string of the molecule is CNC(Cc1c(F)cccc1Cl)c1ccc(F)c(F)c1Br. The van der Waals surface area contributed by atoms with Crippen molar-refractivity contribution in [3.63, 3.8) is 0 Å². The van der Waals surface area contributed by atoms with Gasteiger partial charge < -0.3 is 5.32 Å². The summed E-state index contributed by atoms with van der Waals surface area (Å²) in [6.07, 6.45) is 0.214. The predicted molar refractivity (Wildman–Crippen MR) is 81.0 cm³/mol. The molecule has 0 saturated carbocycles. The maximum Gasteiger partial charge on any atom is 0.173 e. The maximum absolute atomic E-state index is 13.8. The van der Waals surface area contributed by atoms with E-state index in [2.05, 4.69) is 21.2 Å². The lowest BCUT2D eigenvalue weighted by atomic mass is 9.98. The zero-order valence-electron chi connectivity index (χ0n) is 11.1. The van der Waals surface area contributed by atoms with Gasteiger partial charge in [0.15, 0.2) is 11.6 Å². The van der Waals surface area contributed by atoms with Crippen LogP contribution in [0.1, 0.15) is 17.2 Å². The Morgan fingerprint density at radius 3 is 2.48 bits per heavy atom. The summed E-state index contributed by atoms with van der Waals surface area (Å²) in [6.45, 7) is 0. The van der Waals surface area contributed by atoms with Gasteiger partial charge in [-0.15, -0.1) is 0 Å². The van der Waals surface area contributed by atoms with E-state index < -0.39 is 23.5 Å². The first kappa shape index (κ1) is 16.3. The Bertz CT molecular complexity index is 643. The highest BCUT2D eigenvalue weighted by atomic mass is 79.9. The Kier molecular flexibility index (Phi) is 5.30. The summed E-state index contributed by atoms with van der Waals surface area (Å²) in [7, 11) is 1.66. The molecule has 0 aliphatic heterocycles. The average Bonchev–Trinajstić information content (AvgIpc) is 2.46. The van der Waals surface area contributed by atoms with Crippen LogP contribution in [0.25, 0.3) is 0 Å². The van der Waals surface area contributed by atoms with Crippen molar-refractivity contribution in [2.24, 2.45) is 0 Å². The standard InChI is InChI=1S/C15H12BrClF3N/c1-21-13(7-9-10(17)3-2-4-11(9)18)8-5-6-12(19)15(20)14(8)16/h2-6,13,21H,7H2,1H3. The minimum absolute atomic E-state index is 0.0225. The van der Waals surface area contributed by atoms with Crippen LogP contribution in [0.15, 0.2) is 34.8 Å². The minimum Gasteiger partial charge on any atom is -0.313 e. The highest BCUT2D eigenvalue weighted by Gasteiger charge is 2.20.